The van der Waals surface area contributed by atoms with Gasteiger partial charge in [-0.05, 0) is 32.1 Å². The lowest BCUT2D eigenvalue weighted by Gasteiger charge is -2.34. The second-order valence-corrected chi connectivity index (χ2v) is 5.26. The number of aliphatic carboxylic acids is 1. The van der Waals surface area contributed by atoms with E-state index in [1.54, 1.807) is 18.7 Å². The number of nitrogens with zero attached hydrogens (tertiary/aromatic N) is 1. The van der Waals surface area contributed by atoms with Gasteiger partial charge >= 0.3 is 12.0 Å². The minimum atomic E-state index is -1.17. The van der Waals surface area contributed by atoms with Crippen LogP contribution in [-0.2, 0) is 4.79 Å². The number of carboxylic acid groups (broad SMARTS) is 1. The van der Waals surface area contributed by atoms with Crippen molar-refractivity contribution in [3.8, 4) is 0 Å². The predicted octanol–water partition coefficient (Wildman–Crippen LogP) is 2.07. The number of carboxylic acids is 1. The number of urea groups is 1. The molecule has 0 aliphatic carbocycles. The van der Waals surface area contributed by atoms with E-state index < -0.39 is 11.5 Å². The molecule has 104 valence electrons. The molecule has 1 heterocycles. The molecule has 5 heteroatoms. The lowest BCUT2D eigenvalue weighted by Crippen LogP contribution is -2.56. The van der Waals surface area contributed by atoms with Crippen LogP contribution in [0.3, 0.4) is 0 Å². The van der Waals surface area contributed by atoms with Gasteiger partial charge in [0, 0.05) is 13.1 Å². The molecule has 1 aliphatic heterocycles. The molecule has 1 unspecified atom stereocenters. The molecule has 1 fully saturated rings. The first-order chi connectivity index (χ1) is 8.42. The van der Waals surface area contributed by atoms with Crippen LogP contribution in [0.2, 0.25) is 0 Å². The minimum Gasteiger partial charge on any atom is -0.480 e. The average molecular weight is 256 g/mol. The molecular formula is C13H24N2O3. The Kier molecular flexibility index (Phi) is 4.99. The van der Waals surface area contributed by atoms with Crippen LogP contribution in [0.25, 0.3) is 0 Å². The van der Waals surface area contributed by atoms with Crippen LogP contribution in [0.1, 0.15) is 46.5 Å². The summed E-state index contributed by atoms with van der Waals surface area (Å²) in [5, 5.41) is 11.8. The van der Waals surface area contributed by atoms with E-state index in [4.69, 9.17) is 5.11 Å². The molecular weight excluding hydrogens is 232 g/mol. The highest BCUT2D eigenvalue weighted by Gasteiger charge is 2.34. The number of rotatable bonds is 4. The van der Waals surface area contributed by atoms with E-state index in [2.05, 4.69) is 12.2 Å². The van der Waals surface area contributed by atoms with Crippen molar-refractivity contribution in [2.24, 2.45) is 5.92 Å². The van der Waals surface area contributed by atoms with Crippen molar-refractivity contribution in [1.29, 1.82) is 0 Å². The predicted molar refractivity (Wildman–Crippen MR) is 69.5 cm³/mol. The zero-order chi connectivity index (χ0) is 13.8. The molecule has 0 aromatic carbocycles. The highest BCUT2D eigenvalue weighted by Crippen LogP contribution is 2.20. The van der Waals surface area contributed by atoms with E-state index in [9.17, 15) is 9.59 Å². The third-order valence-corrected chi connectivity index (χ3v) is 4.04. The van der Waals surface area contributed by atoms with Gasteiger partial charge in [-0.15, -0.1) is 0 Å². The van der Waals surface area contributed by atoms with Gasteiger partial charge in [-0.25, -0.2) is 9.59 Å². The Labute approximate surface area is 109 Å². The van der Waals surface area contributed by atoms with Gasteiger partial charge in [-0.1, -0.05) is 20.3 Å². The Hall–Kier alpha value is -1.26. The molecule has 2 N–H and O–H groups in total. The van der Waals surface area contributed by atoms with Gasteiger partial charge in [0.25, 0.3) is 0 Å². The maximum Gasteiger partial charge on any atom is 0.329 e. The number of likely N-dealkylation sites (tertiary alicyclic amines) is 1. The van der Waals surface area contributed by atoms with Crippen LogP contribution in [0, 0.1) is 5.92 Å². The number of carbonyl (C=O) groups excluding carboxylic acids is 1. The second-order valence-electron chi connectivity index (χ2n) is 5.26. The van der Waals surface area contributed by atoms with E-state index in [-0.39, 0.29) is 6.03 Å². The highest BCUT2D eigenvalue weighted by atomic mass is 16.4. The first kappa shape index (κ1) is 14.8. The van der Waals surface area contributed by atoms with Gasteiger partial charge in [0.2, 0.25) is 0 Å². The van der Waals surface area contributed by atoms with E-state index in [0.717, 1.165) is 32.4 Å². The number of carbonyl (C=O) groups is 2. The van der Waals surface area contributed by atoms with E-state index in [0.29, 0.717) is 12.3 Å². The Morgan fingerprint density at radius 1 is 1.33 bits per heavy atom. The van der Waals surface area contributed by atoms with Crippen molar-refractivity contribution in [2.75, 3.05) is 13.1 Å². The van der Waals surface area contributed by atoms with Crippen molar-refractivity contribution in [3.05, 3.63) is 0 Å². The van der Waals surface area contributed by atoms with Crippen LogP contribution in [-0.4, -0.2) is 40.6 Å². The molecule has 1 atom stereocenters. The summed E-state index contributed by atoms with van der Waals surface area (Å²) >= 11 is 0. The summed E-state index contributed by atoms with van der Waals surface area (Å²) < 4.78 is 0. The fourth-order valence-corrected chi connectivity index (χ4v) is 2.15. The molecule has 5 nitrogen and oxygen atoms in total. The first-order valence-corrected chi connectivity index (χ1v) is 6.73. The topological polar surface area (TPSA) is 69.6 Å². The van der Waals surface area contributed by atoms with Crippen LogP contribution in [0.5, 0.6) is 0 Å². The highest BCUT2D eigenvalue weighted by molar-refractivity contribution is 5.85. The number of amides is 2. The molecule has 0 saturated carbocycles. The largest absolute Gasteiger partial charge is 0.480 e. The summed E-state index contributed by atoms with van der Waals surface area (Å²) in [5.41, 5.74) is -1.17. The molecule has 1 saturated heterocycles. The zero-order valence-corrected chi connectivity index (χ0v) is 11.5. The maximum atomic E-state index is 12.0. The van der Waals surface area contributed by atoms with E-state index in [1.165, 1.54) is 0 Å². The van der Waals surface area contributed by atoms with Crippen molar-refractivity contribution in [1.82, 2.24) is 10.2 Å². The van der Waals surface area contributed by atoms with Crippen LogP contribution >= 0.6 is 0 Å². The number of hydrogen-bond donors (Lipinski definition) is 2. The molecule has 0 aromatic rings. The molecule has 0 radical (unpaired) electrons. The lowest BCUT2D eigenvalue weighted by atomic mass is 9.94. The van der Waals surface area contributed by atoms with Crippen molar-refractivity contribution in [2.45, 2.75) is 52.0 Å². The second kappa shape index (κ2) is 6.07. The van der Waals surface area contributed by atoms with Crippen molar-refractivity contribution < 1.29 is 14.7 Å². The van der Waals surface area contributed by atoms with Crippen molar-refractivity contribution >= 4 is 12.0 Å². The SMILES string of the molecule is CCC1CCN(C(=O)NC(C)(CC)C(=O)O)CC1. The summed E-state index contributed by atoms with van der Waals surface area (Å²) in [6.45, 7) is 6.93. The Morgan fingerprint density at radius 3 is 2.28 bits per heavy atom. The Morgan fingerprint density at radius 2 is 1.89 bits per heavy atom. The van der Waals surface area contributed by atoms with Gasteiger partial charge in [0.05, 0.1) is 0 Å². The third kappa shape index (κ3) is 3.37. The smallest absolute Gasteiger partial charge is 0.329 e. The molecule has 0 spiro atoms. The van der Waals surface area contributed by atoms with E-state index >= 15 is 0 Å². The number of nitrogens with one attached hydrogen (secondary N) is 1. The van der Waals surface area contributed by atoms with Gasteiger partial charge < -0.3 is 15.3 Å². The fourth-order valence-electron chi connectivity index (χ4n) is 2.15. The van der Waals surface area contributed by atoms with Crippen LogP contribution < -0.4 is 5.32 Å². The molecule has 18 heavy (non-hydrogen) atoms. The molecule has 1 aliphatic rings. The maximum absolute atomic E-state index is 12.0. The lowest BCUT2D eigenvalue weighted by molar-refractivity contribution is -0.143. The quantitative estimate of drug-likeness (QED) is 0.809. The molecule has 0 bridgehead atoms. The standard InChI is InChI=1S/C13H24N2O3/c1-4-10-6-8-15(9-7-10)12(18)14-13(3,5-2)11(16)17/h10H,4-9H2,1-3H3,(H,14,18)(H,16,17). The summed E-state index contributed by atoms with van der Waals surface area (Å²) in [6.07, 6.45) is 3.55. The summed E-state index contributed by atoms with van der Waals surface area (Å²) in [4.78, 5) is 24.9. The molecule has 0 aromatic heterocycles. The fraction of sp³-hybridized carbons (Fsp3) is 0.846. The number of piperidine rings is 1. The van der Waals surface area contributed by atoms with Gasteiger partial charge in [0.15, 0.2) is 0 Å². The normalized spacial score (nSPS) is 20.3. The Bertz CT molecular complexity index is 311. The zero-order valence-electron chi connectivity index (χ0n) is 11.5. The van der Waals surface area contributed by atoms with Gasteiger partial charge in [-0.3, -0.25) is 0 Å². The summed E-state index contributed by atoms with van der Waals surface area (Å²) in [7, 11) is 0. The summed E-state index contributed by atoms with van der Waals surface area (Å²) in [5.74, 6) is -0.284. The summed E-state index contributed by atoms with van der Waals surface area (Å²) in [6, 6.07) is -0.253. The molecule has 2 amide bonds. The molecule has 1 rings (SSSR count). The number of hydrogen-bond acceptors (Lipinski definition) is 2. The third-order valence-electron chi connectivity index (χ3n) is 4.04. The Balaban J connectivity index is 2.53. The minimum absolute atomic E-state index is 0.253. The van der Waals surface area contributed by atoms with Gasteiger partial charge in [0.1, 0.15) is 5.54 Å². The van der Waals surface area contributed by atoms with Gasteiger partial charge in [-0.2, -0.15) is 0 Å². The van der Waals surface area contributed by atoms with Crippen LogP contribution in [0.15, 0.2) is 0 Å². The van der Waals surface area contributed by atoms with Crippen molar-refractivity contribution in [3.63, 3.8) is 0 Å². The van der Waals surface area contributed by atoms with E-state index in [1.807, 2.05) is 0 Å². The average Bonchev–Trinajstić information content (AvgIpc) is 2.38. The monoisotopic (exact) mass is 256 g/mol. The van der Waals surface area contributed by atoms with Crippen LogP contribution in [0.4, 0.5) is 4.79 Å². The first-order valence-electron chi connectivity index (χ1n) is 6.73.